The van der Waals surface area contributed by atoms with Gasteiger partial charge in [0.2, 0.25) is 0 Å². The van der Waals surface area contributed by atoms with Gasteiger partial charge in [0.15, 0.2) is 15.9 Å². The number of nitrogens with zero attached hydrogens (tertiary/aromatic N) is 5. The van der Waals surface area contributed by atoms with Crippen LogP contribution in [0.1, 0.15) is 5.69 Å². The summed E-state index contributed by atoms with van der Waals surface area (Å²) in [5.74, 6) is 1.35. The lowest BCUT2D eigenvalue weighted by Gasteiger charge is -2.07. The van der Waals surface area contributed by atoms with Crippen molar-refractivity contribution in [1.82, 2.24) is 24.1 Å². The molecule has 0 atom stereocenters. The molecule has 0 saturated heterocycles. The second-order valence-corrected chi connectivity index (χ2v) is 7.32. The number of allylic oxidation sites excluding steroid dienone is 1. The molecule has 1 aromatic carbocycles. The van der Waals surface area contributed by atoms with E-state index in [1.54, 1.807) is 16.7 Å². The summed E-state index contributed by atoms with van der Waals surface area (Å²) in [5, 5.41) is 11.3. The Morgan fingerprint density at radius 3 is 2.88 bits per heavy atom. The van der Waals surface area contributed by atoms with Crippen LogP contribution in [0.2, 0.25) is 0 Å². The molecule has 3 aromatic heterocycles. The zero-order valence-electron chi connectivity index (χ0n) is 13.8. The van der Waals surface area contributed by atoms with Crippen molar-refractivity contribution in [3.63, 3.8) is 0 Å². The van der Waals surface area contributed by atoms with Gasteiger partial charge in [0.25, 0.3) is 5.56 Å². The summed E-state index contributed by atoms with van der Waals surface area (Å²) >= 11 is 2.96. The second kappa shape index (κ2) is 7.27. The average molecular weight is 381 g/mol. The third-order valence-corrected chi connectivity index (χ3v) is 5.52. The van der Waals surface area contributed by atoms with Crippen LogP contribution >= 0.6 is 23.1 Å². The maximum absolute atomic E-state index is 12.1. The third-order valence-electron chi connectivity index (χ3n) is 3.77. The molecule has 0 bridgehead atoms. The molecule has 0 saturated carbocycles. The lowest BCUT2D eigenvalue weighted by molar-refractivity contribution is 0.731. The summed E-state index contributed by atoms with van der Waals surface area (Å²) in [6, 6.07) is 11.5. The van der Waals surface area contributed by atoms with E-state index in [-0.39, 0.29) is 5.56 Å². The van der Waals surface area contributed by atoms with E-state index in [0.29, 0.717) is 17.3 Å². The van der Waals surface area contributed by atoms with Gasteiger partial charge in [-0.2, -0.15) is 0 Å². The monoisotopic (exact) mass is 381 g/mol. The van der Waals surface area contributed by atoms with E-state index >= 15 is 0 Å². The predicted molar refractivity (Wildman–Crippen MR) is 105 cm³/mol. The van der Waals surface area contributed by atoms with Crippen LogP contribution in [0, 0.1) is 0 Å². The minimum atomic E-state index is -0.0654. The highest BCUT2D eigenvalue weighted by Crippen LogP contribution is 2.26. The number of hydrogen-bond acceptors (Lipinski definition) is 6. The number of thiazole rings is 1. The summed E-state index contributed by atoms with van der Waals surface area (Å²) in [5.41, 5.74) is 1.67. The van der Waals surface area contributed by atoms with E-state index in [9.17, 15) is 4.79 Å². The van der Waals surface area contributed by atoms with Crippen molar-refractivity contribution in [3.8, 4) is 11.4 Å². The molecule has 4 rings (SSSR count). The highest BCUT2D eigenvalue weighted by Gasteiger charge is 2.14. The lowest BCUT2D eigenvalue weighted by atomic mass is 10.2. The molecule has 0 aliphatic rings. The molecule has 6 nitrogen and oxygen atoms in total. The van der Waals surface area contributed by atoms with Crippen molar-refractivity contribution in [3.05, 3.63) is 76.7 Å². The zero-order chi connectivity index (χ0) is 17.9. The number of aromatic nitrogens is 5. The maximum Gasteiger partial charge on any atom is 0.258 e. The van der Waals surface area contributed by atoms with E-state index in [0.717, 1.165) is 22.2 Å². The van der Waals surface area contributed by atoms with Gasteiger partial charge in [-0.1, -0.05) is 48.2 Å². The first-order chi connectivity index (χ1) is 12.8. The Labute approximate surface area is 157 Å². The van der Waals surface area contributed by atoms with Crippen LogP contribution in [0.15, 0.2) is 70.6 Å². The quantitative estimate of drug-likeness (QED) is 0.378. The summed E-state index contributed by atoms with van der Waals surface area (Å²) in [6.07, 6.45) is 3.56. The standard InChI is InChI=1S/C18H15N5OS2/c1-2-8-23-16(13-6-4-3-5-7-13)20-21-18(23)26-12-14-11-15(24)22-9-10-25-17(22)19-14/h2-7,9-11H,1,8,12H2. The fourth-order valence-electron chi connectivity index (χ4n) is 2.59. The first-order valence-electron chi connectivity index (χ1n) is 7.94. The van der Waals surface area contributed by atoms with Crippen molar-refractivity contribution in [2.45, 2.75) is 17.5 Å². The molecule has 0 fully saturated rings. The number of thioether (sulfide) groups is 1. The Bertz CT molecular complexity index is 1110. The predicted octanol–water partition coefficient (Wildman–Crippen LogP) is 3.49. The molecule has 130 valence electrons. The summed E-state index contributed by atoms with van der Waals surface area (Å²) < 4.78 is 3.57. The second-order valence-electron chi connectivity index (χ2n) is 5.50. The van der Waals surface area contributed by atoms with Crippen LogP contribution in [0.3, 0.4) is 0 Å². The SMILES string of the molecule is C=CCn1c(SCc2cc(=O)n3ccsc3n2)nnc1-c1ccccc1. The minimum absolute atomic E-state index is 0.0654. The Morgan fingerprint density at radius 1 is 1.23 bits per heavy atom. The van der Waals surface area contributed by atoms with Gasteiger partial charge in [-0.05, 0) is 0 Å². The summed E-state index contributed by atoms with van der Waals surface area (Å²) in [7, 11) is 0. The summed E-state index contributed by atoms with van der Waals surface area (Å²) in [6.45, 7) is 4.44. The lowest BCUT2D eigenvalue weighted by Crippen LogP contribution is -2.12. The molecule has 0 radical (unpaired) electrons. The van der Waals surface area contributed by atoms with E-state index in [1.165, 1.54) is 23.1 Å². The largest absolute Gasteiger partial charge is 0.298 e. The molecule has 3 heterocycles. The van der Waals surface area contributed by atoms with Crippen molar-refractivity contribution < 1.29 is 0 Å². The molecule has 0 spiro atoms. The normalized spacial score (nSPS) is 11.1. The van der Waals surface area contributed by atoms with Crippen LogP contribution in [-0.2, 0) is 12.3 Å². The van der Waals surface area contributed by atoms with Crippen LogP contribution in [0.5, 0.6) is 0 Å². The molecular weight excluding hydrogens is 366 g/mol. The fraction of sp³-hybridized carbons (Fsp3) is 0.111. The van der Waals surface area contributed by atoms with Gasteiger partial charge in [0.05, 0.1) is 5.69 Å². The van der Waals surface area contributed by atoms with Crippen molar-refractivity contribution >= 4 is 28.1 Å². The molecule has 4 aromatic rings. The number of benzene rings is 1. The first kappa shape index (κ1) is 16.7. The summed E-state index contributed by atoms with van der Waals surface area (Å²) in [4.78, 5) is 17.3. The molecule has 0 unspecified atom stereocenters. The molecule has 8 heteroatoms. The van der Waals surface area contributed by atoms with Gasteiger partial charge in [-0.3, -0.25) is 13.8 Å². The van der Waals surface area contributed by atoms with Gasteiger partial charge < -0.3 is 0 Å². The van der Waals surface area contributed by atoms with Gasteiger partial charge in [-0.25, -0.2) is 4.98 Å². The molecule has 0 aliphatic carbocycles. The Kier molecular flexibility index (Phi) is 4.68. The van der Waals surface area contributed by atoms with Crippen LogP contribution in [-0.4, -0.2) is 24.1 Å². The Morgan fingerprint density at radius 2 is 2.08 bits per heavy atom. The van der Waals surface area contributed by atoms with Crippen molar-refractivity contribution in [1.29, 1.82) is 0 Å². The zero-order valence-corrected chi connectivity index (χ0v) is 15.4. The molecular formula is C18H15N5OS2. The van der Waals surface area contributed by atoms with Crippen LogP contribution in [0.4, 0.5) is 0 Å². The molecule has 0 aliphatic heterocycles. The highest BCUT2D eigenvalue weighted by molar-refractivity contribution is 7.98. The fourth-order valence-corrected chi connectivity index (χ4v) is 4.17. The van der Waals surface area contributed by atoms with Gasteiger partial charge >= 0.3 is 0 Å². The number of rotatable bonds is 6. The smallest absolute Gasteiger partial charge is 0.258 e. The molecule has 26 heavy (non-hydrogen) atoms. The van der Waals surface area contributed by atoms with Crippen LogP contribution in [0.25, 0.3) is 16.3 Å². The maximum atomic E-state index is 12.1. The molecule has 0 N–H and O–H groups in total. The minimum Gasteiger partial charge on any atom is -0.298 e. The van der Waals surface area contributed by atoms with Crippen molar-refractivity contribution in [2.24, 2.45) is 0 Å². The Hall–Kier alpha value is -2.71. The number of fused-ring (bicyclic) bond motifs is 1. The topological polar surface area (TPSA) is 65.1 Å². The van der Waals surface area contributed by atoms with E-state index < -0.39 is 0 Å². The first-order valence-corrected chi connectivity index (χ1v) is 9.81. The van der Waals surface area contributed by atoms with Gasteiger partial charge in [0.1, 0.15) is 0 Å². The van der Waals surface area contributed by atoms with Gasteiger partial charge in [0, 0.05) is 35.5 Å². The average Bonchev–Trinajstić information content (AvgIpc) is 3.28. The Balaban J connectivity index is 1.62. The van der Waals surface area contributed by atoms with Crippen molar-refractivity contribution in [2.75, 3.05) is 0 Å². The van der Waals surface area contributed by atoms with E-state index in [2.05, 4.69) is 21.8 Å². The van der Waals surface area contributed by atoms with Crippen LogP contribution < -0.4 is 5.56 Å². The van der Waals surface area contributed by atoms with Gasteiger partial charge in [-0.15, -0.1) is 28.1 Å². The third kappa shape index (κ3) is 3.21. The number of hydrogen-bond donors (Lipinski definition) is 0. The molecule has 0 amide bonds. The van der Waals surface area contributed by atoms with E-state index in [4.69, 9.17) is 0 Å². The highest BCUT2D eigenvalue weighted by atomic mass is 32.2. The van der Waals surface area contributed by atoms with E-state index in [1.807, 2.05) is 46.4 Å².